The van der Waals surface area contributed by atoms with Gasteiger partial charge in [0.15, 0.2) is 34.8 Å². The van der Waals surface area contributed by atoms with E-state index in [1.807, 2.05) is 0 Å². The number of rotatable bonds is 10. The van der Waals surface area contributed by atoms with Gasteiger partial charge in [-0.2, -0.15) is 4.98 Å². The smallest absolute Gasteiger partial charge is 0.393 e. The maximum atomic E-state index is 13.3. The van der Waals surface area contributed by atoms with Gasteiger partial charge >= 0.3 is 16.1 Å². The summed E-state index contributed by atoms with van der Waals surface area (Å²) in [5, 5.41) is 21.0. The zero-order valence-corrected chi connectivity index (χ0v) is 24.9. The van der Waals surface area contributed by atoms with Gasteiger partial charge in [0, 0.05) is 0 Å². The maximum Gasteiger partial charge on any atom is 0.472 e. The van der Waals surface area contributed by atoms with Crippen molar-refractivity contribution in [1.29, 1.82) is 0 Å². The first-order chi connectivity index (χ1) is 21.9. The molecule has 2 unspecified atom stereocenters. The topological polar surface area (TPSA) is 324 Å². The van der Waals surface area contributed by atoms with Crippen LogP contribution in [0, 0.1) is 0 Å². The Bertz CT molecular complexity index is 2000. The van der Waals surface area contributed by atoms with Gasteiger partial charge in [0.05, 0.1) is 38.8 Å². The van der Waals surface area contributed by atoms with Crippen molar-refractivity contribution in [3.05, 3.63) is 39.7 Å². The van der Waals surface area contributed by atoms with E-state index in [0.717, 1.165) is 12.7 Å². The number of ether oxygens (including phenoxy) is 3. The van der Waals surface area contributed by atoms with Gasteiger partial charge in [0.1, 0.15) is 36.1 Å². The summed E-state index contributed by atoms with van der Waals surface area (Å²) in [6.07, 6.45) is -6.48. The van der Waals surface area contributed by atoms with Crippen LogP contribution in [0.4, 0.5) is 5.95 Å². The lowest BCUT2D eigenvalue weighted by molar-refractivity contribution is -0.245. The van der Waals surface area contributed by atoms with Crippen molar-refractivity contribution in [2.75, 3.05) is 25.6 Å². The molecule has 23 nitrogen and oxygen atoms in total. The highest BCUT2D eigenvalue weighted by molar-refractivity contribution is 7.47. The lowest BCUT2D eigenvalue weighted by Gasteiger charge is -2.42. The molecule has 0 radical (unpaired) electrons. The van der Waals surface area contributed by atoms with Crippen molar-refractivity contribution in [1.82, 2.24) is 39.0 Å². The molecule has 46 heavy (non-hydrogen) atoms. The van der Waals surface area contributed by atoms with E-state index in [9.17, 15) is 38.7 Å². The lowest BCUT2D eigenvalue weighted by atomic mass is 9.91. The van der Waals surface area contributed by atoms with Crippen LogP contribution in [0.2, 0.25) is 0 Å². The lowest BCUT2D eigenvalue weighted by Crippen LogP contribution is -2.61. The average Bonchev–Trinajstić information content (AvgIpc) is 3.72. The Morgan fingerprint density at radius 2 is 1.85 bits per heavy atom. The molecule has 3 saturated heterocycles. The summed E-state index contributed by atoms with van der Waals surface area (Å²) in [5.41, 5.74) is 2.85. The fourth-order valence-electron chi connectivity index (χ4n) is 5.69. The molecule has 248 valence electrons. The zero-order valence-electron chi connectivity index (χ0n) is 23.0. The minimum absolute atomic E-state index is 0.00587. The van der Waals surface area contributed by atoms with Crippen molar-refractivity contribution in [2.45, 2.75) is 48.6 Å². The molecule has 4 aromatic heterocycles. The predicted molar refractivity (Wildman–Crippen MR) is 147 cm³/mol. The Kier molecular flexibility index (Phi) is 7.70. The van der Waals surface area contributed by atoms with Crippen LogP contribution in [0.3, 0.4) is 0 Å². The molecule has 0 saturated carbocycles. The number of nitrogens with two attached hydrogens (primary N) is 1. The third kappa shape index (κ3) is 5.10. The largest absolute Gasteiger partial charge is 0.472 e. The average molecular weight is 689 g/mol. The number of aliphatic hydroxyl groups excluding tert-OH is 2. The van der Waals surface area contributed by atoms with Crippen molar-refractivity contribution in [2.24, 2.45) is 0 Å². The number of nitrogens with zero attached hydrogens (tertiary/aromatic N) is 6. The quantitative estimate of drug-likeness (QED) is 0.0817. The van der Waals surface area contributed by atoms with Crippen LogP contribution in [0.25, 0.3) is 22.3 Å². The molecule has 10 atom stereocenters. The molecule has 0 bridgehead atoms. The molecule has 7 rings (SSSR count). The maximum absolute atomic E-state index is 13.3. The van der Waals surface area contributed by atoms with Gasteiger partial charge in [0.2, 0.25) is 5.95 Å². The number of hydrogen-bond donors (Lipinski definition) is 7. The number of nitrogen functional groups attached to an aromatic ring is 1. The SMILES string of the molecule is Nc1nc2c(ncn2[C@@H]2O[C@@]3(CO)CO[C@H]3[C@H]2OP(=O)(O)OC[C@H]2O[C@@H](n3cnc4c(=O)[nH]cnc43)[C@H](O)[C@@H]2O[PH](=O)O)c(=O)[nH]1. The van der Waals surface area contributed by atoms with E-state index in [-0.39, 0.29) is 34.9 Å². The van der Waals surface area contributed by atoms with E-state index in [2.05, 4.69) is 29.9 Å². The van der Waals surface area contributed by atoms with E-state index in [0.29, 0.717) is 0 Å². The standard InChI is InChI=1S/C21H25N9O14P2/c22-20-27-15-9(17(34)28-20)26-6-30(15)19-12(13-21(2-31,42-19)3-39-13)44-46(37,38)40-1-7-11(43-45(35)36)10(32)18(41-7)29-5-25-8-14(29)23-4-24-16(8)33/h4-7,10-13,18-19,31-32,45H,1-3H2,(H,35,36)(H,37,38)(H,23,24,33)(H3,22,27,28,34)/t7-,10-,11-,12-,13+,18-,19-,21+/m1/s1. The summed E-state index contributed by atoms with van der Waals surface area (Å²) in [6, 6.07) is 0. The van der Waals surface area contributed by atoms with E-state index in [1.165, 1.54) is 15.5 Å². The number of aliphatic hydroxyl groups is 2. The number of hydrogen-bond acceptors (Lipinski definition) is 17. The van der Waals surface area contributed by atoms with Gasteiger partial charge in [-0.15, -0.1) is 0 Å². The van der Waals surface area contributed by atoms with Crippen LogP contribution in [0.5, 0.6) is 0 Å². The van der Waals surface area contributed by atoms with Crippen LogP contribution >= 0.6 is 16.1 Å². The first-order valence-corrected chi connectivity index (χ1v) is 16.1. The third-order valence-electron chi connectivity index (χ3n) is 7.80. The summed E-state index contributed by atoms with van der Waals surface area (Å²) < 4.78 is 60.3. The number of fused-ring (bicyclic) bond motifs is 3. The molecule has 7 heterocycles. The number of H-pyrrole nitrogens is 2. The predicted octanol–water partition coefficient (Wildman–Crippen LogP) is -2.98. The molecule has 0 spiro atoms. The van der Waals surface area contributed by atoms with Crippen molar-refractivity contribution < 1.29 is 56.9 Å². The van der Waals surface area contributed by atoms with E-state index in [4.69, 9.17) is 33.5 Å². The van der Waals surface area contributed by atoms with Crippen molar-refractivity contribution in [3.8, 4) is 0 Å². The number of anilines is 1. The van der Waals surface area contributed by atoms with Gasteiger partial charge < -0.3 is 49.5 Å². The summed E-state index contributed by atoms with van der Waals surface area (Å²) in [6.45, 7) is -1.48. The van der Waals surface area contributed by atoms with Gasteiger partial charge in [-0.1, -0.05) is 0 Å². The molecule has 8 N–H and O–H groups in total. The summed E-state index contributed by atoms with van der Waals surface area (Å²) in [5.74, 6) is -0.243. The highest BCUT2D eigenvalue weighted by atomic mass is 31.2. The Balaban J connectivity index is 1.13. The highest BCUT2D eigenvalue weighted by Crippen LogP contribution is 2.55. The van der Waals surface area contributed by atoms with Crippen LogP contribution in [0.1, 0.15) is 12.5 Å². The number of aromatic nitrogens is 8. The first kappa shape index (κ1) is 31.2. The Labute approximate surface area is 254 Å². The summed E-state index contributed by atoms with van der Waals surface area (Å²) in [7, 11) is -8.78. The number of phosphoric ester groups is 1. The van der Waals surface area contributed by atoms with Crippen LogP contribution in [-0.4, -0.2) is 115 Å². The van der Waals surface area contributed by atoms with Crippen molar-refractivity contribution >= 4 is 44.4 Å². The summed E-state index contributed by atoms with van der Waals surface area (Å²) in [4.78, 5) is 65.3. The number of nitrogens with one attached hydrogen (secondary N) is 2. The van der Waals surface area contributed by atoms with Gasteiger partial charge in [-0.25, -0.2) is 19.5 Å². The molecule has 0 amide bonds. The number of aromatic amines is 2. The monoisotopic (exact) mass is 689 g/mol. The molecule has 0 aromatic carbocycles. The number of imidazole rings is 2. The third-order valence-corrected chi connectivity index (χ3v) is 9.25. The Hall–Kier alpha value is -3.44. The van der Waals surface area contributed by atoms with Gasteiger partial charge in [-0.05, 0) is 0 Å². The van der Waals surface area contributed by atoms with Crippen LogP contribution in [-0.2, 0) is 36.9 Å². The van der Waals surface area contributed by atoms with Gasteiger partial charge in [-0.3, -0.25) is 37.3 Å². The highest BCUT2D eigenvalue weighted by Gasteiger charge is 2.65. The molecule has 25 heteroatoms. The summed E-state index contributed by atoms with van der Waals surface area (Å²) >= 11 is 0. The fourth-order valence-corrected chi connectivity index (χ4v) is 7.13. The van der Waals surface area contributed by atoms with E-state index >= 15 is 0 Å². The van der Waals surface area contributed by atoms with E-state index in [1.54, 1.807) is 0 Å². The first-order valence-electron chi connectivity index (χ1n) is 13.3. The molecule has 3 fully saturated rings. The minimum Gasteiger partial charge on any atom is -0.393 e. The molecule has 3 aliphatic rings. The molecule has 3 aliphatic heterocycles. The van der Waals surface area contributed by atoms with Crippen LogP contribution < -0.4 is 16.9 Å². The molecular formula is C21H25N9O14P2. The molecular weight excluding hydrogens is 664 g/mol. The number of phosphoric acid groups is 1. The molecule has 0 aliphatic carbocycles. The van der Waals surface area contributed by atoms with Gasteiger partial charge in [0.25, 0.3) is 11.1 Å². The van der Waals surface area contributed by atoms with Crippen LogP contribution in [0.15, 0.2) is 28.6 Å². The fraction of sp³-hybridized carbons (Fsp3) is 0.524. The zero-order chi connectivity index (χ0) is 32.5. The molecule has 4 aromatic rings. The second-order valence-corrected chi connectivity index (χ2v) is 12.7. The second kappa shape index (κ2) is 11.4. The van der Waals surface area contributed by atoms with Crippen molar-refractivity contribution in [3.63, 3.8) is 0 Å². The Morgan fingerprint density at radius 1 is 1.13 bits per heavy atom. The minimum atomic E-state index is -5.10. The van der Waals surface area contributed by atoms with E-state index < -0.39 is 89.0 Å². The normalized spacial score (nSPS) is 32.8. The second-order valence-electron chi connectivity index (χ2n) is 10.5. The Morgan fingerprint density at radius 3 is 2.52 bits per heavy atom.